The van der Waals surface area contributed by atoms with Crippen molar-refractivity contribution in [1.82, 2.24) is 14.6 Å². The molecule has 0 aliphatic heterocycles. The van der Waals surface area contributed by atoms with Gasteiger partial charge in [0, 0.05) is 10.6 Å². The summed E-state index contributed by atoms with van der Waals surface area (Å²) in [6.07, 6.45) is 2.69. The molecule has 0 aliphatic carbocycles. The highest BCUT2D eigenvalue weighted by Crippen LogP contribution is 2.22. The number of rotatable bonds is 5. The van der Waals surface area contributed by atoms with E-state index < -0.39 is 5.97 Å². The number of esters is 1. The van der Waals surface area contributed by atoms with Crippen LogP contribution in [0.4, 0.5) is 0 Å². The van der Waals surface area contributed by atoms with Crippen LogP contribution in [-0.2, 0) is 11.2 Å². The number of fused-ring (bicyclic) bond motifs is 1. The quantitative estimate of drug-likeness (QED) is 0.652. The largest absolute Gasteiger partial charge is 0.464 e. The molecule has 0 atom stereocenters. The molecule has 3 rings (SSSR count). The van der Waals surface area contributed by atoms with Gasteiger partial charge in [-0.15, -0.1) is 0 Å². The molecule has 6 heteroatoms. The summed E-state index contributed by atoms with van der Waals surface area (Å²) in [5.41, 5.74) is 3.52. The van der Waals surface area contributed by atoms with Crippen LogP contribution in [0.2, 0.25) is 5.02 Å². The summed E-state index contributed by atoms with van der Waals surface area (Å²) >= 11 is 5.94. The lowest BCUT2D eigenvalue weighted by atomic mass is 10.1. The number of benzene rings is 1. The molecule has 0 N–H and O–H groups in total. The van der Waals surface area contributed by atoms with Crippen LogP contribution < -0.4 is 0 Å². The fourth-order valence-electron chi connectivity index (χ4n) is 2.58. The van der Waals surface area contributed by atoms with E-state index >= 15 is 0 Å². The Bertz CT molecular complexity index is 872. The van der Waals surface area contributed by atoms with E-state index in [0.717, 1.165) is 36.2 Å². The van der Waals surface area contributed by atoms with E-state index in [4.69, 9.17) is 16.3 Å². The average Bonchev–Trinajstić information content (AvgIpc) is 2.97. The van der Waals surface area contributed by atoms with Crippen LogP contribution in [0.25, 0.3) is 16.9 Å². The van der Waals surface area contributed by atoms with Gasteiger partial charge in [-0.25, -0.2) is 14.3 Å². The minimum atomic E-state index is -0.431. The molecule has 1 aromatic carbocycles. The SMILES string of the molecule is CCCCc1c(C(=O)OC)nc2ccc(-c3ccc(Cl)cc3)nn12. The Morgan fingerprint density at radius 3 is 2.62 bits per heavy atom. The Morgan fingerprint density at radius 2 is 1.96 bits per heavy atom. The van der Waals surface area contributed by atoms with Crippen molar-refractivity contribution < 1.29 is 9.53 Å². The van der Waals surface area contributed by atoms with Crippen molar-refractivity contribution in [2.24, 2.45) is 0 Å². The van der Waals surface area contributed by atoms with Crippen LogP contribution in [-0.4, -0.2) is 27.7 Å². The van der Waals surface area contributed by atoms with Crippen molar-refractivity contribution in [1.29, 1.82) is 0 Å². The predicted octanol–water partition coefficient (Wildman–Crippen LogP) is 4.18. The van der Waals surface area contributed by atoms with Gasteiger partial charge in [-0.3, -0.25) is 0 Å². The number of unbranched alkanes of at least 4 members (excludes halogenated alkanes) is 1. The first kappa shape index (κ1) is 16.5. The molecule has 0 fully saturated rings. The topological polar surface area (TPSA) is 56.5 Å². The van der Waals surface area contributed by atoms with E-state index in [1.54, 1.807) is 4.52 Å². The summed E-state index contributed by atoms with van der Waals surface area (Å²) < 4.78 is 6.60. The minimum Gasteiger partial charge on any atom is -0.464 e. The van der Waals surface area contributed by atoms with E-state index in [9.17, 15) is 4.79 Å². The highest BCUT2D eigenvalue weighted by atomic mass is 35.5. The predicted molar refractivity (Wildman–Crippen MR) is 93.4 cm³/mol. The van der Waals surface area contributed by atoms with Crippen LogP contribution in [0.3, 0.4) is 0 Å². The molecule has 0 saturated heterocycles. The van der Waals surface area contributed by atoms with Crippen LogP contribution in [0, 0.1) is 0 Å². The number of aryl methyl sites for hydroxylation is 1. The number of aromatic nitrogens is 3. The minimum absolute atomic E-state index is 0.340. The van der Waals surface area contributed by atoms with Crippen molar-refractivity contribution in [2.75, 3.05) is 7.11 Å². The molecule has 0 spiro atoms. The molecule has 2 aromatic heterocycles. The molecule has 0 aliphatic rings. The number of halogens is 1. The fraction of sp³-hybridized carbons (Fsp3) is 0.278. The second-order valence-electron chi connectivity index (χ2n) is 5.50. The third-order valence-corrected chi connectivity index (χ3v) is 4.11. The lowest BCUT2D eigenvalue weighted by molar-refractivity contribution is 0.0593. The standard InChI is InChI=1S/C18H18ClN3O2/c1-3-4-5-15-17(18(23)24-2)20-16-11-10-14(21-22(15)16)12-6-8-13(19)9-7-12/h6-11H,3-5H2,1-2H3. The van der Waals surface area contributed by atoms with Gasteiger partial charge in [0.25, 0.3) is 0 Å². The molecular formula is C18H18ClN3O2. The molecule has 124 valence electrons. The summed E-state index contributed by atoms with van der Waals surface area (Å²) in [7, 11) is 1.36. The maximum Gasteiger partial charge on any atom is 0.358 e. The molecular weight excluding hydrogens is 326 g/mol. The number of ether oxygens (including phenoxy) is 1. The Balaban J connectivity index is 2.12. The monoisotopic (exact) mass is 343 g/mol. The molecule has 0 bridgehead atoms. The fourth-order valence-corrected chi connectivity index (χ4v) is 2.71. The Labute approximate surface area is 145 Å². The summed E-state index contributed by atoms with van der Waals surface area (Å²) in [6.45, 7) is 2.10. The van der Waals surface area contributed by atoms with Crippen molar-refractivity contribution in [3.8, 4) is 11.3 Å². The smallest absolute Gasteiger partial charge is 0.358 e. The third kappa shape index (κ3) is 3.12. The number of hydrogen-bond acceptors (Lipinski definition) is 4. The van der Waals surface area contributed by atoms with Crippen molar-refractivity contribution in [3.63, 3.8) is 0 Å². The zero-order valence-corrected chi connectivity index (χ0v) is 14.4. The maximum absolute atomic E-state index is 12.0. The Hall–Kier alpha value is -2.40. The van der Waals surface area contributed by atoms with Gasteiger partial charge in [-0.1, -0.05) is 37.1 Å². The van der Waals surface area contributed by atoms with Crippen molar-refractivity contribution in [3.05, 3.63) is 52.8 Å². The van der Waals surface area contributed by atoms with Crippen LogP contribution in [0.15, 0.2) is 36.4 Å². The molecule has 0 radical (unpaired) electrons. The molecule has 5 nitrogen and oxygen atoms in total. The first-order valence-corrected chi connectivity index (χ1v) is 8.24. The van der Waals surface area contributed by atoms with Crippen LogP contribution in [0.1, 0.15) is 35.9 Å². The molecule has 3 aromatic rings. The summed E-state index contributed by atoms with van der Waals surface area (Å²) in [6, 6.07) is 11.2. The van der Waals surface area contributed by atoms with E-state index in [0.29, 0.717) is 16.4 Å². The first-order chi connectivity index (χ1) is 11.6. The summed E-state index contributed by atoms with van der Waals surface area (Å²) in [5.74, 6) is -0.431. The average molecular weight is 344 g/mol. The van der Waals surface area contributed by atoms with E-state index in [1.807, 2.05) is 36.4 Å². The second-order valence-corrected chi connectivity index (χ2v) is 5.93. The van der Waals surface area contributed by atoms with Crippen LogP contribution in [0.5, 0.6) is 0 Å². The molecule has 24 heavy (non-hydrogen) atoms. The lowest BCUT2D eigenvalue weighted by Gasteiger charge is -2.05. The zero-order valence-electron chi connectivity index (χ0n) is 13.6. The second kappa shape index (κ2) is 7.01. The maximum atomic E-state index is 12.0. The van der Waals surface area contributed by atoms with Gasteiger partial charge in [0.2, 0.25) is 0 Å². The summed E-state index contributed by atoms with van der Waals surface area (Å²) in [5, 5.41) is 5.35. The van der Waals surface area contributed by atoms with Crippen molar-refractivity contribution in [2.45, 2.75) is 26.2 Å². The lowest BCUT2D eigenvalue weighted by Crippen LogP contribution is -2.07. The molecule has 2 heterocycles. The highest BCUT2D eigenvalue weighted by molar-refractivity contribution is 6.30. The van der Waals surface area contributed by atoms with Gasteiger partial charge in [0.15, 0.2) is 11.3 Å². The van der Waals surface area contributed by atoms with E-state index in [-0.39, 0.29) is 0 Å². The summed E-state index contributed by atoms with van der Waals surface area (Å²) in [4.78, 5) is 16.4. The number of hydrogen-bond donors (Lipinski definition) is 0. The van der Waals surface area contributed by atoms with Gasteiger partial charge < -0.3 is 4.74 Å². The number of imidazole rings is 1. The van der Waals surface area contributed by atoms with Crippen molar-refractivity contribution >= 4 is 23.2 Å². The van der Waals surface area contributed by atoms with Gasteiger partial charge in [0.1, 0.15) is 0 Å². The number of nitrogens with zero attached hydrogens (tertiary/aromatic N) is 3. The van der Waals surface area contributed by atoms with Gasteiger partial charge >= 0.3 is 5.97 Å². The first-order valence-electron chi connectivity index (χ1n) is 7.87. The van der Waals surface area contributed by atoms with Crippen LogP contribution >= 0.6 is 11.6 Å². The Morgan fingerprint density at radius 1 is 1.21 bits per heavy atom. The number of carbonyl (C=O) groups is 1. The molecule has 0 amide bonds. The normalized spacial score (nSPS) is 11.0. The van der Waals surface area contributed by atoms with E-state index in [1.165, 1.54) is 7.11 Å². The molecule has 0 saturated carbocycles. The van der Waals surface area contributed by atoms with E-state index in [2.05, 4.69) is 17.0 Å². The van der Waals surface area contributed by atoms with Gasteiger partial charge in [0.05, 0.1) is 18.5 Å². The number of carbonyl (C=O) groups excluding carboxylic acids is 1. The number of methoxy groups -OCH3 is 1. The molecule has 0 unspecified atom stereocenters. The Kier molecular flexibility index (Phi) is 4.81. The highest BCUT2D eigenvalue weighted by Gasteiger charge is 2.20. The van der Waals surface area contributed by atoms with Gasteiger partial charge in [-0.2, -0.15) is 5.10 Å². The van der Waals surface area contributed by atoms with Gasteiger partial charge in [-0.05, 0) is 37.1 Å². The zero-order chi connectivity index (χ0) is 17.1. The third-order valence-electron chi connectivity index (χ3n) is 3.86.